The average Bonchev–Trinajstić information content (AvgIpc) is 2.64. The lowest BCUT2D eigenvalue weighted by molar-refractivity contribution is 0.320. The van der Waals surface area contributed by atoms with Gasteiger partial charge in [-0.1, -0.05) is 64.2 Å². The van der Waals surface area contributed by atoms with Gasteiger partial charge in [-0.05, 0) is 70.7 Å². The Kier molecular flexibility index (Phi) is 18.2. The minimum Gasteiger partial charge on any atom is -0.317 e. The van der Waals surface area contributed by atoms with Gasteiger partial charge in [0, 0.05) is 5.92 Å². The highest BCUT2D eigenvalue weighted by Crippen LogP contribution is 2.35. The van der Waals surface area contributed by atoms with Crippen molar-refractivity contribution in [1.82, 2.24) is 5.32 Å². The Balaban J connectivity index is 0. The molecule has 0 amide bonds. The molecule has 0 aromatic carbocycles. The largest absolute Gasteiger partial charge is 0.317 e. The van der Waals surface area contributed by atoms with Crippen LogP contribution >= 0.6 is 0 Å². The third-order valence-electron chi connectivity index (χ3n) is 3.96. The van der Waals surface area contributed by atoms with Crippen LogP contribution in [-0.2, 0) is 0 Å². The molecular formula is C22H41N. The van der Waals surface area contributed by atoms with Crippen LogP contribution in [0.3, 0.4) is 0 Å². The third kappa shape index (κ3) is 8.95. The highest BCUT2D eigenvalue weighted by atomic mass is 14.9. The summed E-state index contributed by atoms with van der Waals surface area (Å²) in [5.74, 6) is 1.30. The van der Waals surface area contributed by atoms with Crippen LogP contribution in [0.25, 0.3) is 0 Å². The highest BCUT2D eigenvalue weighted by molar-refractivity contribution is 5.35. The first-order valence-corrected chi connectivity index (χ1v) is 9.57. The minimum atomic E-state index is 0.546. The van der Waals surface area contributed by atoms with Gasteiger partial charge in [-0.25, -0.2) is 0 Å². The Morgan fingerprint density at radius 2 is 1.17 bits per heavy atom. The normalized spacial score (nSPS) is 18.3. The standard InChI is InChI=1S/C18H29N.2C2H6/c1-5-9-15(7-3)18(16(8-4)10-6-2)17-11-13-19-14-12-17;2*1-2/h5-10,17-19H,11-14H2,1-4H3;2*1-2H3/b9-5-,10-6-,15-7+,16-8+;;. The molecule has 0 aromatic rings. The van der Waals surface area contributed by atoms with Crippen molar-refractivity contribution in [3.63, 3.8) is 0 Å². The van der Waals surface area contributed by atoms with Crippen molar-refractivity contribution < 1.29 is 0 Å². The van der Waals surface area contributed by atoms with Crippen molar-refractivity contribution >= 4 is 0 Å². The van der Waals surface area contributed by atoms with Crippen molar-refractivity contribution in [3.8, 4) is 0 Å². The van der Waals surface area contributed by atoms with Crippen molar-refractivity contribution in [2.45, 2.75) is 68.2 Å². The first-order chi connectivity index (χ1) is 11.3. The number of nitrogens with one attached hydrogen (secondary N) is 1. The molecule has 1 aliphatic rings. The van der Waals surface area contributed by atoms with E-state index >= 15 is 0 Å². The zero-order valence-corrected chi connectivity index (χ0v) is 16.9. The van der Waals surface area contributed by atoms with Crippen molar-refractivity contribution in [3.05, 3.63) is 47.6 Å². The molecule has 0 aliphatic carbocycles. The molecule has 134 valence electrons. The molecule has 1 heterocycles. The van der Waals surface area contributed by atoms with E-state index in [1.807, 2.05) is 27.7 Å². The van der Waals surface area contributed by atoms with Crippen LogP contribution in [-0.4, -0.2) is 13.1 Å². The molecule has 0 spiro atoms. The van der Waals surface area contributed by atoms with Gasteiger partial charge in [0.15, 0.2) is 0 Å². The lowest BCUT2D eigenvalue weighted by Gasteiger charge is -2.32. The first kappa shape index (κ1) is 24.2. The van der Waals surface area contributed by atoms with Crippen LogP contribution in [0.1, 0.15) is 68.2 Å². The number of hydrogen-bond acceptors (Lipinski definition) is 1. The molecule has 1 N–H and O–H groups in total. The molecule has 0 unspecified atom stereocenters. The molecular weight excluding hydrogens is 278 g/mol. The summed E-state index contributed by atoms with van der Waals surface area (Å²) in [5, 5.41) is 3.47. The lowest BCUT2D eigenvalue weighted by atomic mass is 9.75. The topological polar surface area (TPSA) is 12.0 Å². The van der Waals surface area contributed by atoms with Gasteiger partial charge < -0.3 is 5.32 Å². The summed E-state index contributed by atoms with van der Waals surface area (Å²) in [6.07, 6.45) is 16.0. The van der Waals surface area contributed by atoms with E-state index in [0.717, 1.165) is 19.0 Å². The van der Waals surface area contributed by atoms with Crippen molar-refractivity contribution in [1.29, 1.82) is 0 Å². The fourth-order valence-electron chi connectivity index (χ4n) is 3.06. The number of piperidine rings is 1. The highest BCUT2D eigenvalue weighted by Gasteiger charge is 2.26. The summed E-state index contributed by atoms with van der Waals surface area (Å²) < 4.78 is 0. The maximum atomic E-state index is 3.47. The van der Waals surface area contributed by atoms with Crippen LogP contribution in [0.15, 0.2) is 47.6 Å². The van der Waals surface area contributed by atoms with Crippen LogP contribution < -0.4 is 5.32 Å². The second-order valence-electron chi connectivity index (χ2n) is 5.14. The molecule has 1 fully saturated rings. The molecule has 1 aliphatic heterocycles. The number of allylic oxidation sites excluding steroid dienone is 8. The van der Waals surface area contributed by atoms with Crippen LogP contribution in [0, 0.1) is 11.8 Å². The first-order valence-electron chi connectivity index (χ1n) is 9.57. The van der Waals surface area contributed by atoms with E-state index in [0.29, 0.717) is 5.92 Å². The van der Waals surface area contributed by atoms with E-state index in [1.165, 1.54) is 24.0 Å². The molecule has 1 saturated heterocycles. The SMILES string of the molecule is C/C=C\C(=C/C)C(C(/C=C\C)=C/C)C1CCNCC1.CC.CC. The second-order valence-corrected chi connectivity index (χ2v) is 5.14. The number of rotatable bonds is 5. The Morgan fingerprint density at radius 1 is 0.783 bits per heavy atom. The summed E-state index contributed by atoms with van der Waals surface area (Å²) in [4.78, 5) is 0. The molecule has 0 saturated carbocycles. The van der Waals surface area contributed by atoms with Crippen LogP contribution in [0.2, 0.25) is 0 Å². The summed E-state index contributed by atoms with van der Waals surface area (Å²) in [7, 11) is 0. The predicted octanol–water partition coefficient (Wildman–Crippen LogP) is 6.70. The van der Waals surface area contributed by atoms with Gasteiger partial charge in [0.2, 0.25) is 0 Å². The maximum Gasteiger partial charge on any atom is 0.0112 e. The molecule has 0 radical (unpaired) electrons. The third-order valence-corrected chi connectivity index (χ3v) is 3.96. The average molecular weight is 320 g/mol. The van der Waals surface area contributed by atoms with Crippen LogP contribution in [0.4, 0.5) is 0 Å². The Morgan fingerprint density at radius 3 is 1.48 bits per heavy atom. The Bertz CT molecular complexity index is 337. The minimum absolute atomic E-state index is 0.546. The zero-order valence-electron chi connectivity index (χ0n) is 16.9. The molecule has 0 atom stereocenters. The van der Waals surface area contributed by atoms with Gasteiger partial charge in [-0.15, -0.1) is 0 Å². The predicted molar refractivity (Wildman–Crippen MR) is 109 cm³/mol. The Hall–Kier alpha value is -1.08. The monoisotopic (exact) mass is 319 g/mol. The van der Waals surface area contributed by atoms with Crippen molar-refractivity contribution in [2.75, 3.05) is 13.1 Å². The molecule has 0 aromatic heterocycles. The van der Waals surface area contributed by atoms with Gasteiger partial charge in [-0.3, -0.25) is 0 Å². The van der Waals surface area contributed by atoms with E-state index in [9.17, 15) is 0 Å². The summed E-state index contributed by atoms with van der Waals surface area (Å²) in [6, 6.07) is 0. The van der Waals surface area contributed by atoms with E-state index < -0.39 is 0 Å². The maximum absolute atomic E-state index is 3.47. The summed E-state index contributed by atoms with van der Waals surface area (Å²) in [5.41, 5.74) is 2.92. The quantitative estimate of drug-likeness (QED) is 0.556. The summed E-state index contributed by atoms with van der Waals surface area (Å²) >= 11 is 0. The lowest BCUT2D eigenvalue weighted by Crippen LogP contribution is -2.32. The van der Waals surface area contributed by atoms with E-state index in [2.05, 4.69) is 69.5 Å². The van der Waals surface area contributed by atoms with E-state index in [-0.39, 0.29) is 0 Å². The molecule has 1 heteroatoms. The smallest absolute Gasteiger partial charge is 0.0112 e. The molecule has 0 bridgehead atoms. The number of hydrogen-bond donors (Lipinski definition) is 1. The van der Waals surface area contributed by atoms with Gasteiger partial charge >= 0.3 is 0 Å². The molecule has 1 nitrogen and oxygen atoms in total. The zero-order chi connectivity index (χ0) is 18.1. The molecule has 23 heavy (non-hydrogen) atoms. The fraction of sp³-hybridized carbons (Fsp3) is 0.636. The van der Waals surface area contributed by atoms with Gasteiger partial charge in [0.1, 0.15) is 0 Å². The van der Waals surface area contributed by atoms with E-state index in [1.54, 1.807) is 0 Å². The van der Waals surface area contributed by atoms with Crippen LogP contribution in [0.5, 0.6) is 0 Å². The summed E-state index contributed by atoms with van der Waals surface area (Å²) in [6.45, 7) is 18.8. The van der Waals surface area contributed by atoms with Gasteiger partial charge in [-0.2, -0.15) is 0 Å². The molecule has 1 rings (SSSR count). The van der Waals surface area contributed by atoms with Gasteiger partial charge in [0.25, 0.3) is 0 Å². The van der Waals surface area contributed by atoms with Crippen molar-refractivity contribution in [2.24, 2.45) is 11.8 Å². The second kappa shape index (κ2) is 17.3. The van der Waals surface area contributed by atoms with E-state index in [4.69, 9.17) is 0 Å². The Labute approximate surface area is 146 Å². The van der Waals surface area contributed by atoms with Gasteiger partial charge in [0.05, 0.1) is 0 Å². The fourth-order valence-corrected chi connectivity index (χ4v) is 3.06.